The van der Waals surface area contributed by atoms with Gasteiger partial charge in [-0.1, -0.05) is 0 Å². The number of nitrogens with one attached hydrogen (secondary N) is 3. The molecule has 1 unspecified atom stereocenters. The molecule has 0 aliphatic carbocycles. The molecular formula is C26H28N8O7. The van der Waals surface area contributed by atoms with Crippen LogP contribution in [0.15, 0.2) is 53.6 Å². The number of aromatic nitrogens is 5. The average Bonchev–Trinajstić information content (AvgIpc) is 3.35. The number of aliphatic hydroxyl groups is 1. The number of aromatic amines is 1. The predicted octanol–water partition coefficient (Wildman–Crippen LogP) is 1.15. The Morgan fingerprint density at radius 3 is 2.51 bits per heavy atom. The van der Waals surface area contributed by atoms with E-state index < -0.39 is 17.7 Å². The number of nitrogens with two attached hydrogens (primary N) is 1. The van der Waals surface area contributed by atoms with Crippen molar-refractivity contribution in [2.45, 2.75) is 13.0 Å². The van der Waals surface area contributed by atoms with Gasteiger partial charge in [0.05, 0.1) is 26.4 Å². The number of rotatable bonds is 12. The van der Waals surface area contributed by atoms with Gasteiger partial charge in [0, 0.05) is 31.1 Å². The lowest BCUT2D eigenvalue weighted by Crippen LogP contribution is -2.18. The first kappa shape index (κ1) is 28.6. The Labute approximate surface area is 233 Å². The smallest absolute Gasteiger partial charge is 0.350 e. The summed E-state index contributed by atoms with van der Waals surface area (Å²) in [5.74, 6) is 0.258. The average molecular weight is 565 g/mol. The first-order valence-corrected chi connectivity index (χ1v) is 12.1. The van der Waals surface area contributed by atoms with Crippen molar-refractivity contribution < 1.29 is 28.8 Å². The second kappa shape index (κ2) is 12.6. The maximum Gasteiger partial charge on any atom is 0.350 e. The van der Waals surface area contributed by atoms with Crippen LogP contribution in [-0.4, -0.2) is 69.1 Å². The minimum Gasteiger partial charge on any atom is -0.493 e. The van der Waals surface area contributed by atoms with Gasteiger partial charge in [-0.25, -0.2) is 14.8 Å². The maximum absolute atomic E-state index is 12.9. The molecule has 6 N–H and O–H groups in total. The van der Waals surface area contributed by atoms with Crippen molar-refractivity contribution in [2.75, 3.05) is 32.8 Å². The Hall–Kier alpha value is -5.44. The van der Waals surface area contributed by atoms with E-state index in [1.54, 1.807) is 24.3 Å². The number of H-pyrrole nitrogens is 1. The van der Waals surface area contributed by atoms with Gasteiger partial charge in [0.15, 0.2) is 17.3 Å². The highest BCUT2D eigenvalue weighted by Gasteiger charge is 2.25. The number of methoxy groups -OCH3 is 2. The van der Waals surface area contributed by atoms with E-state index in [0.29, 0.717) is 22.7 Å². The minimum absolute atomic E-state index is 0.0177. The third kappa shape index (κ3) is 6.42. The van der Waals surface area contributed by atoms with E-state index >= 15 is 0 Å². The highest BCUT2D eigenvalue weighted by molar-refractivity contribution is 5.98. The lowest BCUT2D eigenvalue weighted by molar-refractivity contribution is -0.131. The van der Waals surface area contributed by atoms with Crippen LogP contribution in [0.1, 0.15) is 29.9 Å². The summed E-state index contributed by atoms with van der Waals surface area (Å²) in [7, 11) is 2.90. The van der Waals surface area contributed by atoms with Gasteiger partial charge in [-0.3, -0.25) is 15.2 Å². The second-order valence-electron chi connectivity index (χ2n) is 8.40. The van der Waals surface area contributed by atoms with E-state index in [0.717, 1.165) is 4.68 Å². The minimum atomic E-state index is -0.864. The predicted molar refractivity (Wildman–Crippen MR) is 146 cm³/mol. The summed E-state index contributed by atoms with van der Waals surface area (Å²) in [5.41, 5.74) is 6.22. The lowest BCUT2D eigenvalue weighted by atomic mass is 10.0. The molecule has 2 aromatic heterocycles. The summed E-state index contributed by atoms with van der Waals surface area (Å²) < 4.78 is 23.0. The summed E-state index contributed by atoms with van der Waals surface area (Å²) in [6, 6.07) is 8.68. The van der Waals surface area contributed by atoms with Gasteiger partial charge < -0.3 is 35.1 Å². The second-order valence-corrected chi connectivity index (χ2v) is 8.40. The summed E-state index contributed by atoms with van der Waals surface area (Å²) >= 11 is 0. The number of carbonyl (C=O) groups excluding carboxylic acids is 1. The number of amidine groups is 1. The van der Waals surface area contributed by atoms with Crippen LogP contribution in [-0.2, 0) is 4.79 Å². The van der Waals surface area contributed by atoms with E-state index in [1.807, 2.05) is 0 Å². The molecule has 2 heterocycles. The fourth-order valence-corrected chi connectivity index (χ4v) is 3.94. The van der Waals surface area contributed by atoms with Gasteiger partial charge in [-0.2, -0.15) is 0 Å². The summed E-state index contributed by atoms with van der Waals surface area (Å²) in [6.07, 6.45) is 2.95. The monoisotopic (exact) mass is 564 g/mol. The molecule has 0 radical (unpaired) electrons. The first-order valence-electron chi connectivity index (χ1n) is 12.1. The van der Waals surface area contributed by atoms with Crippen LogP contribution < -0.4 is 35.7 Å². The maximum atomic E-state index is 12.9. The Balaban J connectivity index is 1.88. The molecule has 0 saturated carbocycles. The molecule has 0 fully saturated rings. The molecule has 15 heteroatoms. The van der Waals surface area contributed by atoms with Crippen molar-refractivity contribution in [3.8, 4) is 28.9 Å². The summed E-state index contributed by atoms with van der Waals surface area (Å²) in [4.78, 5) is 35.5. The number of carbonyl (C=O) groups is 1. The van der Waals surface area contributed by atoms with Crippen molar-refractivity contribution in [3.05, 3.63) is 76.2 Å². The van der Waals surface area contributed by atoms with E-state index in [1.165, 1.54) is 45.7 Å². The fraction of sp³-hybridized carbons (Fsp3) is 0.231. The van der Waals surface area contributed by atoms with Crippen LogP contribution in [0.25, 0.3) is 5.95 Å². The van der Waals surface area contributed by atoms with Gasteiger partial charge in [0.2, 0.25) is 5.75 Å². The Bertz CT molecular complexity index is 1600. The van der Waals surface area contributed by atoms with Gasteiger partial charge in [-0.05, 0) is 35.9 Å². The van der Waals surface area contributed by atoms with Crippen LogP contribution in [0.3, 0.4) is 0 Å². The van der Waals surface area contributed by atoms with Gasteiger partial charge >= 0.3 is 11.7 Å². The molecule has 0 amide bonds. The topological polar surface area (TPSA) is 213 Å². The number of esters is 1. The SMILES string of the molecule is COc1cc(C(Nc2ccc(C(=N)N)c(OC(C)=O)c2)c2nn(-c3ncccn3)c(=O)[nH]2)cc(OCCO)c1OC. The number of hydrogen-bond donors (Lipinski definition) is 5. The van der Waals surface area contributed by atoms with Crippen LogP contribution in [0.2, 0.25) is 0 Å². The van der Waals surface area contributed by atoms with Gasteiger partial charge in [0.1, 0.15) is 24.2 Å². The van der Waals surface area contributed by atoms with Crippen LogP contribution in [0.5, 0.6) is 23.0 Å². The van der Waals surface area contributed by atoms with Crippen molar-refractivity contribution in [3.63, 3.8) is 0 Å². The molecule has 1 atom stereocenters. The third-order valence-electron chi connectivity index (χ3n) is 5.64. The van der Waals surface area contributed by atoms with Crippen LogP contribution in [0, 0.1) is 5.41 Å². The number of nitrogen functional groups attached to an aromatic ring is 1. The van der Waals surface area contributed by atoms with Crippen LogP contribution >= 0.6 is 0 Å². The Morgan fingerprint density at radius 1 is 1.15 bits per heavy atom. The molecule has 0 spiro atoms. The number of ether oxygens (including phenoxy) is 4. The summed E-state index contributed by atoms with van der Waals surface area (Å²) in [5, 5.41) is 24.8. The Kier molecular flexibility index (Phi) is 8.79. The highest BCUT2D eigenvalue weighted by atomic mass is 16.5. The van der Waals surface area contributed by atoms with Crippen LogP contribution in [0.4, 0.5) is 5.69 Å². The zero-order valence-electron chi connectivity index (χ0n) is 22.4. The molecule has 15 nitrogen and oxygen atoms in total. The van der Waals surface area contributed by atoms with Crippen molar-refractivity contribution >= 4 is 17.5 Å². The quantitative estimate of drug-likeness (QED) is 0.0709. The molecule has 214 valence electrons. The normalized spacial score (nSPS) is 11.4. The summed E-state index contributed by atoms with van der Waals surface area (Å²) in [6.45, 7) is 0.969. The van der Waals surface area contributed by atoms with Gasteiger partial charge in [-0.15, -0.1) is 9.78 Å². The Morgan fingerprint density at radius 2 is 1.88 bits per heavy atom. The standard InChI is InChI=1S/C26H28N8O7/c1-14(36)41-18-13-16(5-6-17(18)23(27)28)31-21(24-32-26(37)34(33-24)25-29-7-4-8-30-25)15-11-19(38-2)22(39-3)20(12-15)40-10-9-35/h4-8,11-13,21,31,35H,9-10H2,1-3H3,(H3,27,28)(H,32,33,37). The number of anilines is 1. The van der Waals surface area contributed by atoms with Crippen molar-refractivity contribution in [1.82, 2.24) is 24.7 Å². The van der Waals surface area contributed by atoms with E-state index in [9.17, 15) is 14.7 Å². The molecule has 0 saturated heterocycles. The zero-order valence-corrected chi connectivity index (χ0v) is 22.4. The number of nitrogens with zero attached hydrogens (tertiary/aromatic N) is 4. The fourth-order valence-electron chi connectivity index (χ4n) is 3.94. The largest absolute Gasteiger partial charge is 0.493 e. The first-order chi connectivity index (χ1) is 19.7. The lowest BCUT2D eigenvalue weighted by Gasteiger charge is -2.22. The molecule has 4 rings (SSSR count). The molecular weight excluding hydrogens is 536 g/mol. The van der Waals surface area contributed by atoms with E-state index in [-0.39, 0.29) is 47.9 Å². The molecule has 4 aromatic rings. The molecule has 0 aliphatic heterocycles. The van der Waals surface area contributed by atoms with Crippen molar-refractivity contribution in [2.24, 2.45) is 5.73 Å². The molecule has 0 bridgehead atoms. The number of benzene rings is 2. The molecule has 2 aromatic carbocycles. The van der Waals surface area contributed by atoms with Gasteiger partial charge in [0.25, 0.3) is 5.95 Å². The molecule has 41 heavy (non-hydrogen) atoms. The molecule has 0 aliphatic rings. The van der Waals surface area contributed by atoms with E-state index in [2.05, 4.69) is 25.4 Å². The van der Waals surface area contributed by atoms with E-state index in [4.69, 9.17) is 30.1 Å². The number of aliphatic hydroxyl groups excluding tert-OH is 1. The van der Waals surface area contributed by atoms with Crippen molar-refractivity contribution in [1.29, 1.82) is 5.41 Å². The third-order valence-corrected chi connectivity index (χ3v) is 5.64. The number of hydrogen-bond acceptors (Lipinski definition) is 12. The zero-order chi connectivity index (χ0) is 29.5. The highest BCUT2D eigenvalue weighted by Crippen LogP contribution is 2.41.